The highest BCUT2D eigenvalue weighted by molar-refractivity contribution is 6.25. The summed E-state index contributed by atoms with van der Waals surface area (Å²) in [6, 6.07) is 0. The SMILES string of the molecule is CN(CC=CCl)CC1CCNCC1. The Morgan fingerprint density at radius 2 is 2.15 bits per heavy atom. The first-order chi connectivity index (χ1) is 6.33. The van der Waals surface area contributed by atoms with Crippen molar-refractivity contribution in [3.63, 3.8) is 0 Å². The van der Waals surface area contributed by atoms with Gasteiger partial charge >= 0.3 is 0 Å². The summed E-state index contributed by atoms with van der Waals surface area (Å²) >= 11 is 5.47. The van der Waals surface area contributed by atoms with Crippen LogP contribution in [0.1, 0.15) is 12.8 Å². The van der Waals surface area contributed by atoms with Crippen LogP contribution in [0.5, 0.6) is 0 Å². The molecule has 0 aromatic heterocycles. The highest BCUT2D eigenvalue weighted by Crippen LogP contribution is 2.12. The van der Waals surface area contributed by atoms with Crippen molar-refractivity contribution < 1.29 is 0 Å². The van der Waals surface area contributed by atoms with Gasteiger partial charge in [0.2, 0.25) is 0 Å². The quantitative estimate of drug-likeness (QED) is 0.746. The molecule has 0 aromatic carbocycles. The predicted octanol–water partition coefficient (Wildman–Crippen LogP) is 1.67. The highest BCUT2D eigenvalue weighted by Gasteiger charge is 2.13. The van der Waals surface area contributed by atoms with Crippen molar-refractivity contribution in [1.82, 2.24) is 10.2 Å². The maximum atomic E-state index is 5.47. The summed E-state index contributed by atoms with van der Waals surface area (Å²) in [5.74, 6) is 0.870. The Morgan fingerprint density at radius 1 is 1.46 bits per heavy atom. The molecule has 0 spiro atoms. The summed E-state index contributed by atoms with van der Waals surface area (Å²) in [6.07, 6.45) is 4.62. The van der Waals surface area contributed by atoms with Crippen molar-refractivity contribution in [2.45, 2.75) is 12.8 Å². The van der Waals surface area contributed by atoms with Gasteiger partial charge in [-0.15, -0.1) is 0 Å². The van der Waals surface area contributed by atoms with Crippen molar-refractivity contribution in [3.8, 4) is 0 Å². The first-order valence-electron chi connectivity index (χ1n) is 4.97. The fraction of sp³-hybridized carbons (Fsp3) is 0.800. The van der Waals surface area contributed by atoms with E-state index in [-0.39, 0.29) is 0 Å². The van der Waals surface area contributed by atoms with Gasteiger partial charge in [0, 0.05) is 18.6 Å². The Balaban J connectivity index is 2.14. The second-order valence-corrected chi connectivity index (χ2v) is 4.03. The molecule has 0 aromatic rings. The van der Waals surface area contributed by atoms with E-state index in [1.165, 1.54) is 32.5 Å². The van der Waals surface area contributed by atoms with Crippen molar-refractivity contribution in [2.75, 3.05) is 33.2 Å². The van der Waals surface area contributed by atoms with Crippen LogP contribution >= 0.6 is 11.6 Å². The van der Waals surface area contributed by atoms with Crippen LogP contribution in [0.4, 0.5) is 0 Å². The van der Waals surface area contributed by atoms with Gasteiger partial charge in [0.15, 0.2) is 0 Å². The Labute approximate surface area is 85.9 Å². The summed E-state index contributed by atoms with van der Waals surface area (Å²) in [5.41, 5.74) is 1.60. The van der Waals surface area contributed by atoms with Gasteiger partial charge in [-0.1, -0.05) is 17.7 Å². The van der Waals surface area contributed by atoms with E-state index < -0.39 is 0 Å². The minimum absolute atomic E-state index is 0.870. The van der Waals surface area contributed by atoms with E-state index >= 15 is 0 Å². The zero-order chi connectivity index (χ0) is 9.52. The summed E-state index contributed by atoms with van der Waals surface area (Å²) in [6.45, 7) is 4.53. The van der Waals surface area contributed by atoms with E-state index in [1.54, 1.807) is 5.54 Å². The predicted molar refractivity (Wildman–Crippen MR) is 58.1 cm³/mol. The zero-order valence-electron chi connectivity index (χ0n) is 8.30. The molecule has 1 rings (SSSR count). The molecule has 0 radical (unpaired) electrons. The van der Waals surface area contributed by atoms with E-state index in [0.29, 0.717) is 0 Å². The second-order valence-electron chi connectivity index (χ2n) is 3.78. The first-order valence-corrected chi connectivity index (χ1v) is 5.41. The summed E-state index contributed by atoms with van der Waals surface area (Å²) in [7, 11) is 2.15. The Bertz CT molecular complexity index is 153. The molecule has 0 bridgehead atoms. The van der Waals surface area contributed by atoms with Gasteiger partial charge in [0.05, 0.1) is 0 Å². The van der Waals surface area contributed by atoms with E-state index in [1.807, 2.05) is 6.08 Å². The third-order valence-corrected chi connectivity index (χ3v) is 2.71. The molecule has 2 nitrogen and oxygen atoms in total. The minimum atomic E-state index is 0.870. The molecule has 0 unspecified atom stereocenters. The molecule has 0 amide bonds. The maximum Gasteiger partial charge on any atom is 0.0171 e. The molecule has 1 N–H and O–H groups in total. The van der Waals surface area contributed by atoms with Gasteiger partial charge in [0.1, 0.15) is 0 Å². The Morgan fingerprint density at radius 3 is 2.77 bits per heavy atom. The molecule has 76 valence electrons. The van der Waals surface area contributed by atoms with Gasteiger partial charge < -0.3 is 10.2 Å². The monoisotopic (exact) mass is 202 g/mol. The normalized spacial score (nSPS) is 20.2. The smallest absolute Gasteiger partial charge is 0.0171 e. The first kappa shape index (κ1) is 11.0. The lowest BCUT2D eigenvalue weighted by Crippen LogP contribution is -2.34. The fourth-order valence-electron chi connectivity index (χ4n) is 1.80. The molecule has 3 heteroatoms. The fourth-order valence-corrected chi connectivity index (χ4v) is 1.88. The number of likely N-dealkylation sites (N-methyl/N-ethyl adjacent to an activating group) is 1. The molecule has 1 heterocycles. The van der Waals surface area contributed by atoms with Crippen molar-refractivity contribution in [2.24, 2.45) is 5.92 Å². The van der Waals surface area contributed by atoms with Crippen molar-refractivity contribution in [1.29, 1.82) is 0 Å². The lowest BCUT2D eigenvalue weighted by atomic mass is 9.98. The van der Waals surface area contributed by atoms with Crippen LogP contribution < -0.4 is 5.32 Å². The average molecular weight is 203 g/mol. The lowest BCUT2D eigenvalue weighted by Gasteiger charge is -2.26. The standard InChI is InChI=1S/C10H19ClN2/c1-13(8-2-5-11)9-10-3-6-12-7-4-10/h2,5,10,12H,3-4,6-9H2,1H3. The maximum absolute atomic E-state index is 5.47. The number of rotatable bonds is 4. The highest BCUT2D eigenvalue weighted by atomic mass is 35.5. The molecule has 0 saturated carbocycles. The van der Waals surface area contributed by atoms with Gasteiger partial charge in [0.25, 0.3) is 0 Å². The van der Waals surface area contributed by atoms with E-state index in [2.05, 4.69) is 17.3 Å². The van der Waals surface area contributed by atoms with E-state index in [0.717, 1.165) is 12.5 Å². The van der Waals surface area contributed by atoms with Crippen molar-refractivity contribution >= 4 is 11.6 Å². The summed E-state index contributed by atoms with van der Waals surface area (Å²) in [5, 5.41) is 3.38. The van der Waals surface area contributed by atoms with Crippen LogP contribution in [-0.2, 0) is 0 Å². The number of piperidine rings is 1. The molecule has 0 aliphatic carbocycles. The van der Waals surface area contributed by atoms with Crippen LogP contribution in [0.25, 0.3) is 0 Å². The van der Waals surface area contributed by atoms with Crippen LogP contribution in [0, 0.1) is 5.92 Å². The topological polar surface area (TPSA) is 15.3 Å². The average Bonchev–Trinajstić information content (AvgIpc) is 2.16. The molecule has 1 fully saturated rings. The van der Waals surface area contributed by atoms with E-state index in [4.69, 9.17) is 11.6 Å². The molecular formula is C10H19ClN2. The molecule has 1 aliphatic heterocycles. The largest absolute Gasteiger partial charge is 0.317 e. The van der Waals surface area contributed by atoms with Gasteiger partial charge in [-0.25, -0.2) is 0 Å². The van der Waals surface area contributed by atoms with Crippen LogP contribution in [-0.4, -0.2) is 38.1 Å². The van der Waals surface area contributed by atoms with E-state index in [9.17, 15) is 0 Å². The molecule has 13 heavy (non-hydrogen) atoms. The van der Waals surface area contributed by atoms with Gasteiger partial charge in [-0.3, -0.25) is 0 Å². The zero-order valence-corrected chi connectivity index (χ0v) is 9.06. The molecule has 1 saturated heterocycles. The minimum Gasteiger partial charge on any atom is -0.317 e. The van der Waals surface area contributed by atoms with Gasteiger partial charge in [-0.05, 0) is 38.9 Å². The number of nitrogens with zero attached hydrogens (tertiary/aromatic N) is 1. The third kappa shape index (κ3) is 4.65. The number of hydrogen-bond acceptors (Lipinski definition) is 2. The summed E-state index contributed by atoms with van der Waals surface area (Å²) in [4.78, 5) is 2.33. The second kappa shape index (κ2) is 6.41. The van der Waals surface area contributed by atoms with Crippen LogP contribution in [0.15, 0.2) is 11.6 Å². The van der Waals surface area contributed by atoms with Crippen LogP contribution in [0.2, 0.25) is 0 Å². The number of hydrogen-bond donors (Lipinski definition) is 1. The molecular weight excluding hydrogens is 184 g/mol. The van der Waals surface area contributed by atoms with Crippen molar-refractivity contribution in [3.05, 3.63) is 11.6 Å². The van der Waals surface area contributed by atoms with Crippen LogP contribution in [0.3, 0.4) is 0 Å². The Kier molecular flexibility index (Phi) is 5.44. The van der Waals surface area contributed by atoms with Gasteiger partial charge in [-0.2, -0.15) is 0 Å². The number of halogens is 1. The summed E-state index contributed by atoms with van der Waals surface area (Å²) < 4.78 is 0. The third-order valence-electron chi connectivity index (χ3n) is 2.53. The lowest BCUT2D eigenvalue weighted by molar-refractivity contribution is 0.256. The Hall–Kier alpha value is -0.0500. The molecule has 0 atom stereocenters. The molecule has 1 aliphatic rings. The number of nitrogens with one attached hydrogen (secondary N) is 1.